The fourth-order valence-corrected chi connectivity index (χ4v) is 1.99. The second kappa shape index (κ2) is 6.02. The SMILES string of the molecule is CCc1cc(-c2ocnc2CNCC(C)C)n(C)n1. The van der Waals surface area contributed by atoms with Gasteiger partial charge in [0.2, 0.25) is 0 Å². The fourth-order valence-electron chi connectivity index (χ4n) is 1.99. The molecule has 0 radical (unpaired) electrons. The number of nitrogens with one attached hydrogen (secondary N) is 1. The molecule has 0 fully saturated rings. The standard InChI is InChI=1S/C14H22N4O/c1-5-11-6-13(18(4)17-11)14-12(16-9-19-14)8-15-7-10(2)3/h6,9-10,15H,5,7-8H2,1-4H3. The van der Waals surface area contributed by atoms with E-state index in [2.05, 4.69) is 42.2 Å². The van der Waals surface area contributed by atoms with Crippen LogP contribution >= 0.6 is 0 Å². The molecule has 0 aliphatic carbocycles. The zero-order valence-corrected chi connectivity index (χ0v) is 12.1. The van der Waals surface area contributed by atoms with Crippen molar-refractivity contribution in [2.75, 3.05) is 6.54 Å². The van der Waals surface area contributed by atoms with Gasteiger partial charge in [-0.15, -0.1) is 0 Å². The molecule has 0 aromatic carbocycles. The lowest BCUT2D eigenvalue weighted by molar-refractivity contribution is 0.542. The van der Waals surface area contributed by atoms with Crippen LogP contribution in [0.1, 0.15) is 32.2 Å². The Bertz CT molecular complexity index is 527. The zero-order valence-electron chi connectivity index (χ0n) is 12.1. The number of rotatable bonds is 6. The molecule has 2 rings (SSSR count). The van der Waals surface area contributed by atoms with Crippen LogP contribution in [0, 0.1) is 5.92 Å². The highest BCUT2D eigenvalue weighted by molar-refractivity contribution is 5.55. The summed E-state index contributed by atoms with van der Waals surface area (Å²) in [6, 6.07) is 2.06. The minimum atomic E-state index is 0.624. The molecule has 0 amide bonds. The molecule has 5 nitrogen and oxygen atoms in total. The summed E-state index contributed by atoms with van der Waals surface area (Å²) in [6.07, 6.45) is 2.42. The van der Waals surface area contributed by atoms with Gasteiger partial charge < -0.3 is 9.73 Å². The van der Waals surface area contributed by atoms with Gasteiger partial charge in [-0.2, -0.15) is 5.10 Å². The van der Waals surface area contributed by atoms with Crippen molar-refractivity contribution in [1.82, 2.24) is 20.1 Å². The number of aromatic nitrogens is 3. The molecule has 19 heavy (non-hydrogen) atoms. The predicted molar refractivity (Wildman–Crippen MR) is 74.6 cm³/mol. The van der Waals surface area contributed by atoms with Crippen LogP contribution in [0.3, 0.4) is 0 Å². The van der Waals surface area contributed by atoms with Crippen LogP contribution in [0.15, 0.2) is 16.9 Å². The molecule has 1 N–H and O–H groups in total. The maximum absolute atomic E-state index is 5.53. The van der Waals surface area contributed by atoms with Crippen molar-refractivity contribution in [2.45, 2.75) is 33.7 Å². The van der Waals surface area contributed by atoms with E-state index in [9.17, 15) is 0 Å². The largest absolute Gasteiger partial charge is 0.442 e. The number of hydrogen-bond donors (Lipinski definition) is 1. The Morgan fingerprint density at radius 2 is 2.21 bits per heavy atom. The molecule has 5 heteroatoms. The highest BCUT2D eigenvalue weighted by Gasteiger charge is 2.15. The van der Waals surface area contributed by atoms with Crippen molar-refractivity contribution in [1.29, 1.82) is 0 Å². The molecule has 0 atom stereocenters. The van der Waals surface area contributed by atoms with E-state index >= 15 is 0 Å². The van der Waals surface area contributed by atoms with E-state index in [1.54, 1.807) is 0 Å². The first kappa shape index (κ1) is 13.8. The molecule has 104 valence electrons. The van der Waals surface area contributed by atoms with Gasteiger partial charge in [-0.1, -0.05) is 20.8 Å². The van der Waals surface area contributed by atoms with Gasteiger partial charge in [0.1, 0.15) is 11.4 Å². The van der Waals surface area contributed by atoms with E-state index in [4.69, 9.17) is 4.42 Å². The quantitative estimate of drug-likeness (QED) is 0.868. The highest BCUT2D eigenvalue weighted by atomic mass is 16.3. The zero-order chi connectivity index (χ0) is 13.8. The lowest BCUT2D eigenvalue weighted by Gasteiger charge is -2.06. The van der Waals surface area contributed by atoms with Crippen molar-refractivity contribution < 1.29 is 4.42 Å². The van der Waals surface area contributed by atoms with Gasteiger partial charge in [0, 0.05) is 13.6 Å². The van der Waals surface area contributed by atoms with Gasteiger partial charge in [0.25, 0.3) is 0 Å². The number of aryl methyl sites for hydroxylation is 2. The van der Waals surface area contributed by atoms with Gasteiger partial charge in [0.15, 0.2) is 12.2 Å². The van der Waals surface area contributed by atoms with E-state index in [-0.39, 0.29) is 0 Å². The van der Waals surface area contributed by atoms with E-state index in [1.807, 2.05) is 11.7 Å². The summed E-state index contributed by atoms with van der Waals surface area (Å²) < 4.78 is 7.39. The van der Waals surface area contributed by atoms with Gasteiger partial charge in [-0.05, 0) is 24.9 Å². The summed E-state index contributed by atoms with van der Waals surface area (Å²) >= 11 is 0. The third-order valence-electron chi connectivity index (χ3n) is 3.01. The molecule has 0 aliphatic heterocycles. The van der Waals surface area contributed by atoms with E-state index in [1.165, 1.54) is 6.39 Å². The summed E-state index contributed by atoms with van der Waals surface area (Å²) in [5.41, 5.74) is 2.98. The van der Waals surface area contributed by atoms with Crippen molar-refractivity contribution in [3.8, 4) is 11.5 Å². The van der Waals surface area contributed by atoms with E-state index in [0.717, 1.165) is 42.4 Å². The Kier molecular flexibility index (Phi) is 4.37. The average molecular weight is 262 g/mol. The predicted octanol–water partition coefficient (Wildman–Crippen LogP) is 2.38. The molecule has 0 unspecified atom stereocenters. The maximum Gasteiger partial charge on any atom is 0.181 e. The molecule has 0 saturated carbocycles. The average Bonchev–Trinajstić information content (AvgIpc) is 2.95. The molecule has 0 bridgehead atoms. The van der Waals surface area contributed by atoms with Crippen LogP contribution in [0.5, 0.6) is 0 Å². The number of hydrogen-bond acceptors (Lipinski definition) is 4. The van der Waals surface area contributed by atoms with E-state index < -0.39 is 0 Å². The molecular formula is C14H22N4O. The first-order valence-electron chi connectivity index (χ1n) is 6.78. The minimum Gasteiger partial charge on any atom is -0.442 e. The van der Waals surface area contributed by atoms with Gasteiger partial charge in [0.05, 0.1) is 5.69 Å². The van der Waals surface area contributed by atoms with Crippen LogP contribution in [-0.2, 0) is 20.0 Å². The van der Waals surface area contributed by atoms with Crippen LogP contribution < -0.4 is 5.32 Å². The van der Waals surface area contributed by atoms with Crippen LogP contribution in [0.25, 0.3) is 11.5 Å². The minimum absolute atomic E-state index is 0.624. The summed E-state index contributed by atoms with van der Waals surface area (Å²) in [4.78, 5) is 4.30. The van der Waals surface area contributed by atoms with Crippen molar-refractivity contribution in [2.24, 2.45) is 13.0 Å². The van der Waals surface area contributed by atoms with E-state index in [0.29, 0.717) is 5.92 Å². The second-order valence-electron chi connectivity index (χ2n) is 5.15. The molecule has 0 saturated heterocycles. The Balaban J connectivity index is 2.16. The van der Waals surface area contributed by atoms with Crippen molar-refractivity contribution in [3.05, 3.63) is 23.8 Å². The molecule has 2 aromatic rings. The normalized spacial score (nSPS) is 11.4. The van der Waals surface area contributed by atoms with Gasteiger partial charge in [-0.25, -0.2) is 4.98 Å². The summed E-state index contributed by atoms with van der Waals surface area (Å²) in [6.45, 7) is 8.16. The highest BCUT2D eigenvalue weighted by Crippen LogP contribution is 2.23. The monoisotopic (exact) mass is 262 g/mol. The van der Waals surface area contributed by atoms with Gasteiger partial charge in [-0.3, -0.25) is 4.68 Å². The maximum atomic E-state index is 5.53. The molecular weight excluding hydrogens is 240 g/mol. The Morgan fingerprint density at radius 3 is 2.84 bits per heavy atom. The topological polar surface area (TPSA) is 55.9 Å². The lowest BCUT2D eigenvalue weighted by atomic mass is 10.2. The number of oxazole rings is 1. The van der Waals surface area contributed by atoms with Crippen molar-refractivity contribution in [3.63, 3.8) is 0 Å². The van der Waals surface area contributed by atoms with Crippen LogP contribution in [-0.4, -0.2) is 21.3 Å². The Hall–Kier alpha value is -1.62. The smallest absolute Gasteiger partial charge is 0.181 e. The van der Waals surface area contributed by atoms with Gasteiger partial charge >= 0.3 is 0 Å². The molecule has 0 aliphatic rings. The molecule has 2 aromatic heterocycles. The first-order chi connectivity index (χ1) is 9.11. The second-order valence-corrected chi connectivity index (χ2v) is 5.15. The van der Waals surface area contributed by atoms with Crippen LogP contribution in [0.4, 0.5) is 0 Å². The summed E-state index contributed by atoms with van der Waals surface area (Å²) in [7, 11) is 1.93. The lowest BCUT2D eigenvalue weighted by Crippen LogP contribution is -2.19. The summed E-state index contributed by atoms with van der Waals surface area (Å²) in [5.74, 6) is 1.43. The molecule has 0 spiro atoms. The third kappa shape index (κ3) is 3.23. The Morgan fingerprint density at radius 1 is 1.42 bits per heavy atom. The molecule has 2 heterocycles. The fraction of sp³-hybridized carbons (Fsp3) is 0.571. The summed E-state index contributed by atoms with van der Waals surface area (Å²) in [5, 5.41) is 7.83. The third-order valence-corrected chi connectivity index (χ3v) is 3.01. The van der Waals surface area contributed by atoms with Crippen LogP contribution in [0.2, 0.25) is 0 Å². The number of nitrogens with zero attached hydrogens (tertiary/aromatic N) is 3. The Labute approximate surface area is 114 Å². The van der Waals surface area contributed by atoms with Crippen molar-refractivity contribution >= 4 is 0 Å². The first-order valence-corrected chi connectivity index (χ1v) is 6.78.